The van der Waals surface area contributed by atoms with E-state index in [4.69, 9.17) is 4.74 Å². The molecule has 0 aliphatic heterocycles. The Morgan fingerprint density at radius 3 is 2.58 bits per heavy atom. The van der Waals surface area contributed by atoms with Crippen LogP contribution in [0.15, 0.2) is 35.3 Å². The molecule has 0 fully saturated rings. The number of benzene rings is 1. The van der Waals surface area contributed by atoms with Gasteiger partial charge in [-0.3, -0.25) is 0 Å². The molecule has 1 aromatic heterocycles. The van der Waals surface area contributed by atoms with E-state index in [0.717, 1.165) is 11.3 Å². The van der Waals surface area contributed by atoms with Crippen LogP contribution in [0.25, 0.3) is 0 Å². The SMILES string of the molecule is COC(=O)c1c(N=CN(C)C)c(C#N)c(Cc2ccccc2)n1C. The summed E-state index contributed by atoms with van der Waals surface area (Å²) in [5.41, 5.74) is 2.79. The first-order chi connectivity index (χ1) is 11.5. The number of carbonyl (C=O) groups excluding carboxylic acids is 1. The summed E-state index contributed by atoms with van der Waals surface area (Å²) in [6.07, 6.45) is 2.09. The number of nitrogens with zero attached hydrogens (tertiary/aromatic N) is 4. The molecule has 0 unspecified atom stereocenters. The largest absolute Gasteiger partial charge is 0.464 e. The molecule has 24 heavy (non-hydrogen) atoms. The Morgan fingerprint density at radius 2 is 2.04 bits per heavy atom. The lowest BCUT2D eigenvalue weighted by Crippen LogP contribution is -2.11. The van der Waals surface area contributed by atoms with Gasteiger partial charge in [0.15, 0.2) is 5.69 Å². The molecule has 6 nitrogen and oxygen atoms in total. The van der Waals surface area contributed by atoms with Crippen LogP contribution >= 0.6 is 0 Å². The summed E-state index contributed by atoms with van der Waals surface area (Å²) in [4.78, 5) is 18.3. The third-order valence-corrected chi connectivity index (χ3v) is 3.61. The van der Waals surface area contributed by atoms with Gasteiger partial charge < -0.3 is 14.2 Å². The molecule has 0 amide bonds. The van der Waals surface area contributed by atoms with Gasteiger partial charge in [-0.2, -0.15) is 5.26 Å². The summed E-state index contributed by atoms with van der Waals surface area (Å²) < 4.78 is 6.57. The lowest BCUT2D eigenvalue weighted by Gasteiger charge is -2.07. The van der Waals surface area contributed by atoms with Gasteiger partial charge >= 0.3 is 5.97 Å². The van der Waals surface area contributed by atoms with Crippen molar-refractivity contribution in [2.24, 2.45) is 12.0 Å². The number of esters is 1. The number of nitriles is 1. The molecule has 124 valence electrons. The molecule has 0 bridgehead atoms. The number of ether oxygens (including phenoxy) is 1. The van der Waals surface area contributed by atoms with E-state index in [0.29, 0.717) is 17.7 Å². The molecule has 0 spiro atoms. The van der Waals surface area contributed by atoms with Crippen molar-refractivity contribution in [3.05, 3.63) is 52.8 Å². The van der Waals surface area contributed by atoms with E-state index in [1.54, 1.807) is 22.9 Å². The minimum atomic E-state index is -0.515. The number of hydrogen-bond donors (Lipinski definition) is 0. The topological polar surface area (TPSA) is 70.6 Å². The highest BCUT2D eigenvalue weighted by molar-refractivity contribution is 5.96. The van der Waals surface area contributed by atoms with Gasteiger partial charge in [0.05, 0.1) is 19.0 Å². The second kappa shape index (κ2) is 7.47. The van der Waals surface area contributed by atoms with E-state index in [1.807, 2.05) is 44.4 Å². The zero-order valence-corrected chi connectivity index (χ0v) is 14.3. The lowest BCUT2D eigenvalue weighted by molar-refractivity contribution is 0.0590. The lowest BCUT2D eigenvalue weighted by atomic mass is 10.1. The van der Waals surface area contributed by atoms with E-state index < -0.39 is 5.97 Å². The summed E-state index contributed by atoms with van der Waals surface area (Å²) in [5, 5.41) is 9.63. The van der Waals surface area contributed by atoms with Crippen molar-refractivity contribution in [2.75, 3.05) is 21.2 Å². The number of aromatic nitrogens is 1. The smallest absolute Gasteiger partial charge is 0.356 e. The predicted molar refractivity (Wildman–Crippen MR) is 92.6 cm³/mol. The Bertz CT molecular complexity index is 799. The second-order valence-electron chi connectivity index (χ2n) is 5.55. The highest BCUT2D eigenvalue weighted by atomic mass is 16.5. The number of hydrogen-bond acceptors (Lipinski definition) is 4. The Balaban J connectivity index is 2.63. The first-order valence-electron chi connectivity index (χ1n) is 7.44. The van der Waals surface area contributed by atoms with Crippen molar-refractivity contribution in [3.63, 3.8) is 0 Å². The highest BCUT2D eigenvalue weighted by Gasteiger charge is 2.26. The first kappa shape index (κ1) is 17.3. The number of methoxy groups -OCH3 is 1. The highest BCUT2D eigenvalue weighted by Crippen LogP contribution is 2.31. The summed E-state index contributed by atoms with van der Waals surface area (Å²) in [5.74, 6) is -0.515. The molecule has 0 N–H and O–H groups in total. The molecule has 6 heteroatoms. The molecule has 0 atom stereocenters. The van der Waals surface area contributed by atoms with Crippen LogP contribution < -0.4 is 0 Å². The normalized spacial score (nSPS) is 10.6. The maximum Gasteiger partial charge on any atom is 0.356 e. The average molecular weight is 324 g/mol. The molecule has 2 aromatic rings. The van der Waals surface area contributed by atoms with Gasteiger partial charge in [0, 0.05) is 33.3 Å². The molecular formula is C18H20N4O2. The predicted octanol–water partition coefficient (Wildman–Crippen LogP) is 2.50. The van der Waals surface area contributed by atoms with E-state index in [-0.39, 0.29) is 5.69 Å². The maximum atomic E-state index is 12.2. The van der Waals surface area contributed by atoms with Crippen LogP contribution in [0.3, 0.4) is 0 Å². The molecule has 1 heterocycles. The molecule has 0 saturated carbocycles. The molecule has 1 aromatic carbocycles. The second-order valence-corrected chi connectivity index (χ2v) is 5.55. The van der Waals surface area contributed by atoms with Crippen molar-refractivity contribution in [1.29, 1.82) is 5.26 Å². The molecular weight excluding hydrogens is 304 g/mol. The van der Waals surface area contributed by atoms with E-state index >= 15 is 0 Å². The zero-order chi connectivity index (χ0) is 17.7. The molecule has 0 radical (unpaired) electrons. The van der Waals surface area contributed by atoms with Crippen LogP contribution in [-0.4, -0.2) is 43.0 Å². The van der Waals surface area contributed by atoms with Crippen molar-refractivity contribution in [1.82, 2.24) is 9.47 Å². The van der Waals surface area contributed by atoms with Gasteiger partial charge in [0.25, 0.3) is 0 Å². The Kier molecular flexibility index (Phi) is 5.38. The molecule has 0 aliphatic rings. The van der Waals surface area contributed by atoms with Crippen molar-refractivity contribution in [2.45, 2.75) is 6.42 Å². The van der Waals surface area contributed by atoms with Crippen molar-refractivity contribution >= 4 is 18.0 Å². The number of carbonyl (C=O) groups is 1. The maximum absolute atomic E-state index is 12.2. The van der Waals surface area contributed by atoms with Gasteiger partial charge in [0.1, 0.15) is 11.8 Å². The van der Waals surface area contributed by atoms with E-state index in [9.17, 15) is 10.1 Å². The third-order valence-electron chi connectivity index (χ3n) is 3.61. The third kappa shape index (κ3) is 3.46. The quantitative estimate of drug-likeness (QED) is 0.481. The van der Waals surface area contributed by atoms with Crippen molar-refractivity contribution < 1.29 is 9.53 Å². The fraction of sp³-hybridized carbons (Fsp3) is 0.278. The van der Waals surface area contributed by atoms with Crippen LogP contribution in [0.2, 0.25) is 0 Å². The fourth-order valence-corrected chi connectivity index (χ4v) is 2.46. The fourth-order valence-electron chi connectivity index (χ4n) is 2.46. The van der Waals surface area contributed by atoms with Gasteiger partial charge in [-0.1, -0.05) is 30.3 Å². The first-order valence-corrected chi connectivity index (χ1v) is 7.44. The molecule has 2 rings (SSSR count). The summed E-state index contributed by atoms with van der Waals surface area (Å²) >= 11 is 0. The zero-order valence-electron chi connectivity index (χ0n) is 14.3. The summed E-state index contributed by atoms with van der Waals surface area (Å²) in [6, 6.07) is 12.0. The van der Waals surface area contributed by atoms with Crippen LogP contribution in [0.4, 0.5) is 5.69 Å². The van der Waals surface area contributed by atoms with Crippen LogP contribution in [-0.2, 0) is 18.2 Å². The van der Waals surface area contributed by atoms with Gasteiger partial charge in [-0.05, 0) is 5.56 Å². The van der Waals surface area contributed by atoms with Crippen LogP contribution in [0, 0.1) is 11.3 Å². The van der Waals surface area contributed by atoms with Crippen molar-refractivity contribution in [3.8, 4) is 6.07 Å². The monoisotopic (exact) mass is 324 g/mol. The van der Waals surface area contributed by atoms with Gasteiger partial charge in [-0.15, -0.1) is 0 Å². The minimum Gasteiger partial charge on any atom is -0.464 e. The Hall–Kier alpha value is -3.07. The summed E-state index contributed by atoms with van der Waals surface area (Å²) in [7, 11) is 6.71. The van der Waals surface area contributed by atoms with Crippen LogP contribution in [0.1, 0.15) is 27.3 Å². The number of rotatable bonds is 5. The summed E-state index contributed by atoms with van der Waals surface area (Å²) in [6.45, 7) is 0. The van der Waals surface area contributed by atoms with Crippen LogP contribution in [0.5, 0.6) is 0 Å². The van der Waals surface area contributed by atoms with Gasteiger partial charge in [0.2, 0.25) is 0 Å². The Morgan fingerprint density at radius 1 is 1.38 bits per heavy atom. The average Bonchev–Trinajstić information content (AvgIpc) is 2.84. The van der Waals surface area contributed by atoms with Gasteiger partial charge in [-0.25, -0.2) is 9.79 Å². The molecule has 0 saturated heterocycles. The standard InChI is InChI=1S/C18H20N4O2/c1-21(2)12-20-16-14(11-19)15(10-13-8-6-5-7-9-13)22(3)17(16)18(23)24-4/h5-9,12H,10H2,1-4H3. The Labute approximate surface area is 141 Å². The van der Waals surface area contributed by atoms with E-state index in [2.05, 4.69) is 11.1 Å². The minimum absolute atomic E-state index is 0.276. The number of aliphatic imine (C=N–C) groups is 1. The van der Waals surface area contributed by atoms with E-state index in [1.165, 1.54) is 7.11 Å². The molecule has 0 aliphatic carbocycles.